The minimum atomic E-state index is 0.756. The quantitative estimate of drug-likeness (QED) is 0.528. The van der Waals surface area contributed by atoms with Gasteiger partial charge in [-0.1, -0.05) is 58.1 Å². The summed E-state index contributed by atoms with van der Waals surface area (Å²) in [6.45, 7) is 9.08. The highest BCUT2D eigenvalue weighted by Gasteiger charge is 2.10. The van der Waals surface area contributed by atoms with Crippen LogP contribution in [-0.2, 0) is 0 Å². The van der Waals surface area contributed by atoms with Crippen molar-refractivity contribution in [3.8, 4) is 0 Å². The zero-order valence-corrected chi connectivity index (χ0v) is 12.1. The standard InChI is InChI=1S/C16H31N/c1-4-15(13-17-12-14(2)3)11-16-9-7-5-6-8-10-16/h11,14,16-17H,4-10,12-13H2,1-3H3. The Morgan fingerprint density at radius 2 is 1.82 bits per heavy atom. The molecule has 0 spiro atoms. The van der Waals surface area contributed by atoms with E-state index in [1.807, 2.05) is 0 Å². The van der Waals surface area contributed by atoms with Gasteiger partial charge in [-0.15, -0.1) is 0 Å². The van der Waals surface area contributed by atoms with Crippen LogP contribution in [0.25, 0.3) is 0 Å². The fourth-order valence-electron chi connectivity index (χ4n) is 2.63. The molecule has 1 aliphatic rings. The average molecular weight is 237 g/mol. The molecule has 0 aromatic rings. The molecule has 0 aliphatic heterocycles. The Morgan fingerprint density at radius 1 is 1.18 bits per heavy atom. The van der Waals surface area contributed by atoms with Crippen LogP contribution in [0.2, 0.25) is 0 Å². The molecular formula is C16H31N. The van der Waals surface area contributed by atoms with Crippen molar-refractivity contribution in [2.45, 2.75) is 65.7 Å². The van der Waals surface area contributed by atoms with Crippen LogP contribution in [-0.4, -0.2) is 13.1 Å². The molecule has 0 radical (unpaired) electrons. The third-order valence-electron chi connectivity index (χ3n) is 3.73. The van der Waals surface area contributed by atoms with Crippen molar-refractivity contribution in [2.24, 2.45) is 11.8 Å². The molecule has 1 aliphatic carbocycles. The monoisotopic (exact) mass is 237 g/mol. The second-order valence-corrected chi connectivity index (χ2v) is 5.95. The van der Waals surface area contributed by atoms with Crippen LogP contribution in [0.4, 0.5) is 0 Å². The normalized spacial score (nSPS) is 19.6. The fourth-order valence-corrected chi connectivity index (χ4v) is 2.63. The van der Waals surface area contributed by atoms with Crippen molar-refractivity contribution in [3.05, 3.63) is 11.6 Å². The fraction of sp³-hybridized carbons (Fsp3) is 0.875. The van der Waals surface area contributed by atoms with Gasteiger partial charge in [0.1, 0.15) is 0 Å². The number of rotatable bonds is 6. The molecule has 1 saturated carbocycles. The Balaban J connectivity index is 2.35. The van der Waals surface area contributed by atoms with E-state index in [2.05, 4.69) is 32.2 Å². The third-order valence-corrected chi connectivity index (χ3v) is 3.73. The minimum Gasteiger partial charge on any atom is -0.313 e. The van der Waals surface area contributed by atoms with Crippen LogP contribution < -0.4 is 5.32 Å². The lowest BCUT2D eigenvalue weighted by Gasteiger charge is -2.14. The number of nitrogens with one attached hydrogen (secondary N) is 1. The van der Waals surface area contributed by atoms with E-state index in [0.29, 0.717) is 0 Å². The zero-order chi connectivity index (χ0) is 12.5. The van der Waals surface area contributed by atoms with Crippen molar-refractivity contribution in [1.29, 1.82) is 0 Å². The van der Waals surface area contributed by atoms with E-state index in [9.17, 15) is 0 Å². The van der Waals surface area contributed by atoms with Gasteiger partial charge in [-0.25, -0.2) is 0 Å². The van der Waals surface area contributed by atoms with Crippen molar-refractivity contribution >= 4 is 0 Å². The van der Waals surface area contributed by atoms with E-state index < -0.39 is 0 Å². The molecule has 1 nitrogen and oxygen atoms in total. The van der Waals surface area contributed by atoms with Crippen LogP contribution in [0.5, 0.6) is 0 Å². The largest absolute Gasteiger partial charge is 0.313 e. The lowest BCUT2D eigenvalue weighted by molar-refractivity contribution is 0.542. The molecule has 0 aromatic carbocycles. The summed E-state index contributed by atoms with van der Waals surface area (Å²) in [6, 6.07) is 0. The maximum absolute atomic E-state index is 3.57. The van der Waals surface area contributed by atoms with Crippen LogP contribution in [0.1, 0.15) is 65.7 Å². The Labute approximate surface area is 108 Å². The summed E-state index contributed by atoms with van der Waals surface area (Å²) in [5.41, 5.74) is 1.62. The summed E-state index contributed by atoms with van der Waals surface area (Å²) in [6.07, 6.45) is 12.4. The van der Waals surface area contributed by atoms with Gasteiger partial charge >= 0.3 is 0 Å². The highest BCUT2D eigenvalue weighted by Crippen LogP contribution is 2.25. The van der Waals surface area contributed by atoms with E-state index >= 15 is 0 Å². The molecule has 1 rings (SSSR count). The predicted octanol–water partition coefficient (Wildman–Crippen LogP) is 4.54. The minimum absolute atomic E-state index is 0.756. The highest BCUT2D eigenvalue weighted by molar-refractivity contribution is 5.06. The average Bonchev–Trinajstić information content (AvgIpc) is 2.55. The van der Waals surface area contributed by atoms with E-state index in [1.54, 1.807) is 5.57 Å². The van der Waals surface area contributed by atoms with Crippen molar-refractivity contribution < 1.29 is 0 Å². The first kappa shape index (κ1) is 14.8. The number of hydrogen-bond acceptors (Lipinski definition) is 1. The van der Waals surface area contributed by atoms with Gasteiger partial charge in [-0.05, 0) is 37.6 Å². The van der Waals surface area contributed by atoms with Gasteiger partial charge in [0, 0.05) is 6.54 Å². The summed E-state index contributed by atoms with van der Waals surface area (Å²) in [7, 11) is 0. The molecule has 0 atom stereocenters. The van der Waals surface area contributed by atoms with Gasteiger partial charge in [-0.2, -0.15) is 0 Å². The van der Waals surface area contributed by atoms with Gasteiger partial charge < -0.3 is 5.32 Å². The Hall–Kier alpha value is -0.300. The zero-order valence-electron chi connectivity index (χ0n) is 12.1. The topological polar surface area (TPSA) is 12.0 Å². The molecule has 0 heterocycles. The Kier molecular flexibility index (Phi) is 7.59. The first-order chi connectivity index (χ1) is 8.22. The predicted molar refractivity (Wildman–Crippen MR) is 77.3 cm³/mol. The maximum Gasteiger partial charge on any atom is 0.0164 e. The van der Waals surface area contributed by atoms with Crippen molar-refractivity contribution in [2.75, 3.05) is 13.1 Å². The third kappa shape index (κ3) is 6.88. The smallest absolute Gasteiger partial charge is 0.0164 e. The Bertz CT molecular complexity index is 210. The summed E-state index contributed by atoms with van der Waals surface area (Å²) in [5, 5.41) is 3.57. The second-order valence-electron chi connectivity index (χ2n) is 5.95. The van der Waals surface area contributed by atoms with Crippen LogP contribution >= 0.6 is 0 Å². The van der Waals surface area contributed by atoms with Gasteiger partial charge in [0.15, 0.2) is 0 Å². The lowest BCUT2D eigenvalue weighted by atomic mass is 9.96. The summed E-state index contributed by atoms with van der Waals surface area (Å²) in [4.78, 5) is 0. The second kappa shape index (κ2) is 8.74. The number of hydrogen-bond donors (Lipinski definition) is 1. The molecule has 1 N–H and O–H groups in total. The lowest BCUT2D eigenvalue weighted by Crippen LogP contribution is -2.22. The molecule has 0 saturated heterocycles. The van der Waals surface area contributed by atoms with E-state index in [-0.39, 0.29) is 0 Å². The molecule has 100 valence electrons. The van der Waals surface area contributed by atoms with Crippen LogP contribution in [0.3, 0.4) is 0 Å². The van der Waals surface area contributed by atoms with Gasteiger partial charge in [0.05, 0.1) is 0 Å². The Morgan fingerprint density at radius 3 is 2.35 bits per heavy atom. The first-order valence-corrected chi connectivity index (χ1v) is 7.62. The van der Waals surface area contributed by atoms with Crippen LogP contribution in [0, 0.1) is 11.8 Å². The van der Waals surface area contributed by atoms with Gasteiger partial charge in [0.25, 0.3) is 0 Å². The van der Waals surface area contributed by atoms with Crippen molar-refractivity contribution in [1.82, 2.24) is 5.32 Å². The molecule has 0 unspecified atom stereocenters. The first-order valence-electron chi connectivity index (χ1n) is 7.62. The summed E-state index contributed by atoms with van der Waals surface area (Å²) < 4.78 is 0. The van der Waals surface area contributed by atoms with Gasteiger partial charge in [-0.3, -0.25) is 0 Å². The van der Waals surface area contributed by atoms with E-state index in [0.717, 1.165) is 24.9 Å². The number of allylic oxidation sites excluding steroid dienone is 1. The summed E-state index contributed by atoms with van der Waals surface area (Å²) in [5.74, 6) is 1.62. The molecular weight excluding hydrogens is 206 g/mol. The van der Waals surface area contributed by atoms with Crippen LogP contribution in [0.15, 0.2) is 11.6 Å². The van der Waals surface area contributed by atoms with E-state index in [4.69, 9.17) is 0 Å². The maximum atomic E-state index is 3.57. The molecule has 0 amide bonds. The molecule has 1 fully saturated rings. The van der Waals surface area contributed by atoms with Gasteiger partial charge in [0.2, 0.25) is 0 Å². The molecule has 0 aromatic heterocycles. The SMILES string of the molecule is CCC(=CC1CCCCCC1)CNCC(C)C. The molecule has 0 bridgehead atoms. The van der Waals surface area contributed by atoms with E-state index in [1.165, 1.54) is 44.9 Å². The molecule has 17 heavy (non-hydrogen) atoms. The highest BCUT2D eigenvalue weighted by atomic mass is 14.9. The summed E-state index contributed by atoms with van der Waals surface area (Å²) >= 11 is 0. The van der Waals surface area contributed by atoms with Crippen molar-refractivity contribution in [3.63, 3.8) is 0 Å². The molecule has 1 heteroatoms.